The number of fused-ring (bicyclic) bond motifs is 1. The van der Waals surface area contributed by atoms with E-state index in [1.807, 2.05) is 45.0 Å². The van der Waals surface area contributed by atoms with Crippen LogP contribution in [0.25, 0.3) is 0 Å². The zero-order chi connectivity index (χ0) is 26.5. The number of thioether (sulfide) groups is 1. The smallest absolute Gasteiger partial charge is 0.338 e. The average Bonchev–Trinajstić information content (AvgIpc) is 3.25. The largest absolute Gasteiger partial charge is 0.490 e. The molecule has 0 bridgehead atoms. The van der Waals surface area contributed by atoms with Crippen LogP contribution in [0.4, 0.5) is 5.95 Å². The number of anilines is 1. The van der Waals surface area contributed by atoms with Crippen molar-refractivity contribution < 1.29 is 19.0 Å². The molecular weight excluding hydrogens is 556 g/mol. The Hall–Kier alpha value is -2.98. The minimum Gasteiger partial charge on any atom is -0.490 e. The first kappa shape index (κ1) is 27.1. The Bertz CT molecular complexity index is 1320. The summed E-state index contributed by atoms with van der Waals surface area (Å²) in [5.74, 6) is 2.17. The minimum absolute atomic E-state index is 0.267. The van der Waals surface area contributed by atoms with Crippen LogP contribution in [0.5, 0.6) is 11.5 Å². The maximum absolute atomic E-state index is 13.1. The number of allylic oxidation sites excluding steroid dienone is 1. The van der Waals surface area contributed by atoms with E-state index >= 15 is 0 Å². The molecule has 0 fully saturated rings. The molecule has 37 heavy (non-hydrogen) atoms. The Balaban J connectivity index is 1.78. The number of rotatable bonds is 10. The molecule has 10 heteroatoms. The number of ether oxygens (including phenoxy) is 3. The molecule has 0 spiro atoms. The lowest BCUT2D eigenvalue weighted by atomic mass is 9.95. The molecule has 196 valence electrons. The van der Waals surface area contributed by atoms with Crippen LogP contribution >= 0.6 is 27.7 Å². The molecular formula is C27H31BrN4O4S. The van der Waals surface area contributed by atoms with Crippen molar-refractivity contribution in [3.05, 3.63) is 68.8 Å². The van der Waals surface area contributed by atoms with E-state index in [9.17, 15) is 4.79 Å². The molecule has 1 atom stereocenters. The number of halogens is 1. The number of benzene rings is 2. The van der Waals surface area contributed by atoms with E-state index in [0.29, 0.717) is 51.6 Å². The molecule has 0 saturated carbocycles. The Morgan fingerprint density at radius 2 is 1.95 bits per heavy atom. The number of carbonyl (C=O) groups excluding carboxylic acids is 1. The van der Waals surface area contributed by atoms with Crippen LogP contribution in [0.1, 0.15) is 50.4 Å². The Labute approximate surface area is 229 Å². The standard InChI is InChI=1S/C27H31BrN4O4S/c1-6-34-21-14-19(13-20(28)24(21)36-15-18-11-9-10-16(4)12-18)23-22(25(33)35-7-2)17(5)29-26-30-27(37-8-3)31-32(23)26/h9-14,23H,6-8,15H2,1-5H3,(H,29,30,31). The second kappa shape index (κ2) is 12.0. The van der Waals surface area contributed by atoms with Crippen molar-refractivity contribution in [2.24, 2.45) is 0 Å². The molecule has 4 rings (SSSR count). The molecule has 0 aliphatic carbocycles. The fraction of sp³-hybridized carbons (Fsp3) is 0.370. The molecule has 8 nitrogen and oxygen atoms in total. The van der Waals surface area contributed by atoms with Gasteiger partial charge in [0.2, 0.25) is 11.1 Å². The first-order valence-electron chi connectivity index (χ1n) is 12.2. The fourth-order valence-electron chi connectivity index (χ4n) is 4.21. The molecule has 2 aromatic carbocycles. The molecule has 2 heterocycles. The summed E-state index contributed by atoms with van der Waals surface area (Å²) < 4.78 is 20.1. The van der Waals surface area contributed by atoms with Crippen LogP contribution in [0.15, 0.2) is 57.3 Å². The van der Waals surface area contributed by atoms with Crippen molar-refractivity contribution in [2.75, 3.05) is 24.3 Å². The number of hydrogen-bond donors (Lipinski definition) is 1. The van der Waals surface area contributed by atoms with Crippen molar-refractivity contribution in [1.82, 2.24) is 14.8 Å². The van der Waals surface area contributed by atoms with Gasteiger partial charge >= 0.3 is 5.97 Å². The first-order valence-corrected chi connectivity index (χ1v) is 14.0. The maximum Gasteiger partial charge on any atom is 0.338 e. The molecule has 1 N–H and O–H groups in total. The van der Waals surface area contributed by atoms with Gasteiger partial charge in [0.25, 0.3) is 0 Å². The Morgan fingerprint density at radius 1 is 1.14 bits per heavy atom. The number of aryl methyl sites for hydroxylation is 1. The molecule has 1 aliphatic heterocycles. The molecule has 0 radical (unpaired) electrons. The SMILES string of the molecule is CCOC(=O)C1=C(C)Nc2nc(SCC)nn2C1c1cc(Br)c(OCc2cccc(C)c2)c(OCC)c1. The van der Waals surface area contributed by atoms with Gasteiger partial charge in [0.15, 0.2) is 11.5 Å². The quantitative estimate of drug-likeness (QED) is 0.219. The molecule has 1 aliphatic rings. The highest BCUT2D eigenvalue weighted by Gasteiger charge is 2.36. The number of esters is 1. The minimum atomic E-state index is -0.560. The van der Waals surface area contributed by atoms with Crippen molar-refractivity contribution in [3.8, 4) is 11.5 Å². The summed E-state index contributed by atoms with van der Waals surface area (Å²) in [6.07, 6.45) is 0. The predicted octanol–water partition coefficient (Wildman–Crippen LogP) is 6.29. The number of carbonyl (C=O) groups is 1. The third kappa shape index (κ3) is 5.96. The van der Waals surface area contributed by atoms with Gasteiger partial charge in [-0.3, -0.25) is 0 Å². The second-order valence-corrected chi connectivity index (χ2v) is 10.5. The third-order valence-electron chi connectivity index (χ3n) is 5.72. The maximum atomic E-state index is 13.1. The summed E-state index contributed by atoms with van der Waals surface area (Å²) in [5.41, 5.74) is 4.17. The lowest BCUT2D eigenvalue weighted by Gasteiger charge is -2.28. The van der Waals surface area contributed by atoms with E-state index in [1.165, 1.54) is 17.3 Å². The summed E-state index contributed by atoms with van der Waals surface area (Å²) in [7, 11) is 0. The Kier molecular flexibility index (Phi) is 8.81. The fourth-order valence-corrected chi connectivity index (χ4v) is 5.34. The molecule has 3 aromatic rings. The van der Waals surface area contributed by atoms with Gasteiger partial charge in [0, 0.05) is 5.70 Å². The van der Waals surface area contributed by atoms with Crippen molar-refractivity contribution >= 4 is 39.6 Å². The summed E-state index contributed by atoms with van der Waals surface area (Å²) in [4.78, 5) is 17.8. The number of aromatic nitrogens is 3. The summed E-state index contributed by atoms with van der Waals surface area (Å²) in [5, 5.41) is 8.57. The van der Waals surface area contributed by atoms with E-state index in [-0.39, 0.29) is 6.61 Å². The Morgan fingerprint density at radius 3 is 2.65 bits per heavy atom. The van der Waals surface area contributed by atoms with Crippen LogP contribution < -0.4 is 14.8 Å². The lowest BCUT2D eigenvalue weighted by molar-refractivity contribution is -0.139. The van der Waals surface area contributed by atoms with Crippen LogP contribution in [0.2, 0.25) is 0 Å². The topological polar surface area (TPSA) is 87.5 Å². The van der Waals surface area contributed by atoms with Crippen LogP contribution in [-0.2, 0) is 16.1 Å². The normalized spacial score (nSPS) is 14.7. The second-order valence-electron chi connectivity index (χ2n) is 8.42. The summed E-state index contributed by atoms with van der Waals surface area (Å²) in [6.45, 7) is 10.8. The highest BCUT2D eigenvalue weighted by Crippen LogP contribution is 2.43. The lowest BCUT2D eigenvalue weighted by Crippen LogP contribution is -2.29. The third-order valence-corrected chi connectivity index (χ3v) is 7.02. The first-order chi connectivity index (χ1) is 17.9. The summed E-state index contributed by atoms with van der Waals surface area (Å²) in [6, 6.07) is 11.5. The summed E-state index contributed by atoms with van der Waals surface area (Å²) >= 11 is 5.23. The monoisotopic (exact) mass is 586 g/mol. The van der Waals surface area contributed by atoms with E-state index < -0.39 is 12.0 Å². The van der Waals surface area contributed by atoms with Crippen LogP contribution in [-0.4, -0.2) is 39.7 Å². The van der Waals surface area contributed by atoms with Gasteiger partial charge in [-0.25, -0.2) is 9.48 Å². The van der Waals surface area contributed by atoms with Gasteiger partial charge in [-0.1, -0.05) is 48.5 Å². The van der Waals surface area contributed by atoms with Gasteiger partial charge in [-0.2, -0.15) is 4.98 Å². The van der Waals surface area contributed by atoms with Crippen LogP contribution in [0.3, 0.4) is 0 Å². The number of nitrogens with zero attached hydrogens (tertiary/aromatic N) is 3. The number of hydrogen-bond acceptors (Lipinski definition) is 8. The van der Waals surface area contributed by atoms with E-state index in [2.05, 4.69) is 45.3 Å². The van der Waals surface area contributed by atoms with Gasteiger partial charge in [0.1, 0.15) is 12.6 Å². The average molecular weight is 588 g/mol. The highest BCUT2D eigenvalue weighted by molar-refractivity contribution is 9.10. The van der Waals surface area contributed by atoms with Crippen LogP contribution in [0, 0.1) is 6.92 Å². The predicted molar refractivity (Wildman–Crippen MR) is 148 cm³/mol. The van der Waals surface area contributed by atoms with Crippen molar-refractivity contribution in [3.63, 3.8) is 0 Å². The van der Waals surface area contributed by atoms with E-state index in [0.717, 1.165) is 16.9 Å². The van der Waals surface area contributed by atoms with E-state index in [4.69, 9.17) is 19.3 Å². The molecule has 1 unspecified atom stereocenters. The molecule has 0 amide bonds. The van der Waals surface area contributed by atoms with E-state index in [1.54, 1.807) is 11.6 Å². The van der Waals surface area contributed by atoms with Gasteiger partial charge < -0.3 is 19.5 Å². The zero-order valence-electron chi connectivity index (χ0n) is 21.6. The molecule has 0 saturated heterocycles. The zero-order valence-corrected chi connectivity index (χ0v) is 24.0. The van der Waals surface area contributed by atoms with Gasteiger partial charge in [0.05, 0.1) is 23.3 Å². The van der Waals surface area contributed by atoms with Crippen molar-refractivity contribution in [1.29, 1.82) is 0 Å². The molecule has 1 aromatic heterocycles. The van der Waals surface area contributed by atoms with Gasteiger partial charge in [-0.05, 0) is 72.6 Å². The number of nitrogens with one attached hydrogen (secondary N) is 1. The highest BCUT2D eigenvalue weighted by atomic mass is 79.9. The van der Waals surface area contributed by atoms with Gasteiger partial charge in [-0.15, -0.1) is 5.10 Å². The van der Waals surface area contributed by atoms with Crippen molar-refractivity contribution in [2.45, 2.75) is 52.4 Å².